The van der Waals surface area contributed by atoms with Gasteiger partial charge in [0.25, 0.3) is 5.91 Å². The van der Waals surface area contributed by atoms with Crippen molar-refractivity contribution >= 4 is 5.91 Å². The molecule has 2 aromatic heterocycles. The summed E-state index contributed by atoms with van der Waals surface area (Å²) in [5.41, 5.74) is 12.1. The average Bonchev–Trinajstić information content (AvgIpc) is 3.39. The number of rotatable bonds is 7. The fourth-order valence-corrected chi connectivity index (χ4v) is 3.60. The fourth-order valence-electron chi connectivity index (χ4n) is 3.60. The number of oxazole rings is 1. The van der Waals surface area contributed by atoms with E-state index >= 15 is 0 Å². The van der Waals surface area contributed by atoms with E-state index in [0.29, 0.717) is 31.1 Å². The summed E-state index contributed by atoms with van der Waals surface area (Å²) in [6.45, 7) is 5.47. The van der Waals surface area contributed by atoms with Crippen LogP contribution in [0.15, 0.2) is 71.3 Å². The molecule has 0 saturated carbocycles. The van der Waals surface area contributed by atoms with E-state index in [2.05, 4.69) is 14.9 Å². The molecule has 0 unspecified atom stereocenters. The zero-order chi connectivity index (χ0) is 21.8. The fraction of sp³-hybridized carbons (Fsp3) is 0.200. The summed E-state index contributed by atoms with van der Waals surface area (Å²) in [5, 5.41) is 3.01. The monoisotopic (exact) mass is 414 g/mol. The van der Waals surface area contributed by atoms with Crippen LogP contribution in [-0.2, 0) is 19.6 Å². The minimum atomic E-state index is -0.0904. The molecule has 0 spiro atoms. The van der Waals surface area contributed by atoms with Crippen molar-refractivity contribution in [3.05, 3.63) is 101 Å². The summed E-state index contributed by atoms with van der Waals surface area (Å²) in [7, 11) is 0. The Labute approximate surface area is 181 Å². The van der Waals surface area contributed by atoms with Crippen molar-refractivity contribution in [1.29, 1.82) is 0 Å². The van der Waals surface area contributed by atoms with Crippen LogP contribution in [-0.4, -0.2) is 15.5 Å². The summed E-state index contributed by atoms with van der Waals surface area (Å²) in [4.78, 5) is 17.4. The first-order valence-electron chi connectivity index (χ1n) is 10.3. The number of aryl methyl sites for hydroxylation is 1. The summed E-state index contributed by atoms with van der Waals surface area (Å²) in [5.74, 6) is 0.504. The van der Waals surface area contributed by atoms with E-state index in [-0.39, 0.29) is 5.91 Å². The Morgan fingerprint density at radius 2 is 1.77 bits per heavy atom. The van der Waals surface area contributed by atoms with E-state index in [1.165, 1.54) is 0 Å². The first kappa shape index (κ1) is 20.6. The lowest BCUT2D eigenvalue weighted by molar-refractivity contribution is 0.0950. The number of hydrogen-bond acceptors (Lipinski definition) is 4. The first-order valence-corrected chi connectivity index (χ1v) is 10.3. The molecule has 4 aromatic rings. The quantitative estimate of drug-likeness (QED) is 0.475. The molecule has 2 heterocycles. The summed E-state index contributed by atoms with van der Waals surface area (Å²) in [6, 6.07) is 19.7. The summed E-state index contributed by atoms with van der Waals surface area (Å²) in [6.07, 6.45) is 1.67. The van der Waals surface area contributed by atoms with Crippen LogP contribution in [0.4, 0.5) is 0 Å². The topological polar surface area (TPSA) is 86.1 Å². The van der Waals surface area contributed by atoms with Crippen LogP contribution in [0.1, 0.15) is 38.6 Å². The molecule has 0 saturated heterocycles. The Kier molecular flexibility index (Phi) is 6.00. The number of nitrogens with one attached hydrogen (secondary N) is 1. The molecule has 31 heavy (non-hydrogen) atoms. The highest BCUT2D eigenvalue weighted by molar-refractivity contribution is 5.95. The van der Waals surface area contributed by atoms with Crippen LogP contribution < -0.4 is 11.1 Å². The maximum absolute atomic E-state index is 12.8. The molecule has 1 amide bonds. The van der Waals surface area contributed by atoms with Gasteiger partial charge >= 0.3 is 0 Å². The van der Waals surface area contributed by atoms with Gasteiger partial charge in [-0.2, -0.15) is 0 Å². The van der Waals surface area contributed by atoms with Gasteiger partial charge in [-0.15, -0.1) is 0 Å². The van der Waals surface area contributed by atoms with Gasteiger partial charge in [-0.05, 0) is 43.2 Å². The molecular formula is C25H26N4O2. The average molecular weight is 415 g/mol. The molecule has 4 rings (SSSR count). The molecule has 0 aliphatic heterocycles. The standard InChI is InChI=1S/C25H26N4O2/c1-17-12-23(24(30)27-14-20-10-8-19(13-26)9-11-20)18(2)29(17)15-22-16-31-25(28-22)21-6-4-3-5-7-21/h3-12,16H,13-15,26H2,1-2H3,(H,27,30). The highest BCUT2D eigenvalue weighted by Crippen LogP contribution is 2.21. The molecule has 0 radical (unpaired) electrons. The van der Waals surface area contributed by atoms with Crippen molar-refractivity contribution in [2.45, 2.75) is 33.5 Å². The van der Waals surface area contributed by atoms with Crippen LogP contribution in [0.2, 0.25) is 0 Å². The second kappa shape index (κ2) is 9.02. The van der Waals surface area contributed by atoms with Gasteiger partial charge in [-0.1, -0.05) is 42.5 Å². The van der Waals surface area contributed by atoms with E-state index < -0.39 is 0 Å². The Hall–Kier alpha value is -3.64. The predicted molar refractivity (Wildman–Crippen MR) is 120 cm³/mol. The molecule has 158 valence electrons. The zero-order valence-electron chi connectivity index (χ0n) is 17.8. The molecule has 2 aromatic carbocycles. The maximum Gasteiger partial charge on any atom is 0.253 e. The van der Waals surface area contributed by atoms with Crippen molar-refractivity contribution in [1.82, 2.24) is 14.9 Å². The number of nitrogens with two attached hydrogens (primary N) is 1. The number of carbonyl (C=O) groups excluding carboxylic acids is 1. The lowest BCUT2D eigenvalue weighted by atomic mass is 10.1. The van der Waals surface area contributed by atoms with E-state index in [4.69, 9.17) is 10.2 Å². The smallest absolute Gasteiger partial charge is 0.253 e. The molecule has 0 fully saturated rings. The van der Waals surface area contributed by atoms with Crippen molar-refractivity contribution in [2.24, 2.45) is 5.73 Å². The van der Waals surface area contributed by atoms with Crippen molar-refractivity contribution < 1.29 is 9.21 Å². The lowest BCUT2D eigenvalue weighted by Crippen LogP contribution is -2.23. The van der Waals surface area contributed by atoms with Crippen molar-refractivity contribution in [3.8, 4) is 11.5 Å². The first-order chi connectivity index (χ1) is 15.0. The molecule has 6 nitrogen and oxygen atoms in total. The van der Waals surface area contributed by atoms with Gasteiger partial charge in [0.05, 0.1) is 17.8 Å². The number of nitrogens with zero attached hydrogens (tertiary/aromatic N) is 2. The Balaban J connectivity index is 1.45. The van der Waals surface area contributed by atoms with E-state index in [9.17, 15) is 4.79 Å². The van der Waals surface area contributed by atoms with Gasteiger partial charge in [0.2, 0.25) is 5.89 Å². The van der Waals surface area contributed by atoms with Crippen LogP contribution in [0.5, 0.6) is 0 Å². The number of benzene rings is 2. The van der Waals surface area contributed by atoms with Crippen LogP contribution >= 0.6 is 0 Å². The second-order valence-electron chi connectivity index (χ2n) is 7.58. The molecule has 0 atom stereocenters. The molecular weight excluding hydrogens is 388 g/mol. The number of aromatic nitrogens is 2. The van der Waals surface area contributed by atoms with Crippen molar-refractivity contribution in [2.75, 3.05) is 0 Å². The SMILES string of the molecule is Cc1cc(C(=O)NCc2ccc(CN)cc2)c(C)n1Cc1coc(-c2ccccc2)n1. The molecule has 0 aliphatic carbocycles. The largest absolute Gasteiger partial charge is 0.444 e. The summed E-state index contributed by atoms with van der Waals surface area (Å²) < 4.78 is 7.73. The highest BCUT2D eigenvalue weighted by Gasteiger charge is 2.17. The van der Waals surface area contributed by atoms with Gasteiger partial charge in [-0.25, -0.2) is 4.98 Å². The second-order valence-corrected chi connectivity index (χ2v) is 7.58. The lowest BCUT2D eigenvalue weighted by Gasteiger charge is -2.09. The van der Waals surface area contributed by atoms with Crippen LogP contribution in [0.25, 0.3) is 11.5 Å². The van der Waals surface area contributed by atoms with E-state index in [0.717, 1.165) is 33.8 Å². The van der Waals surface area contributed by atoms with E-state index in [1.807, 2.05) is 74.5 Å². The van der Waals surface area contributed by atoms with Crippen LogP contribution in [0, 0.1) is 13.8 Å². The third-order valence-electron chi connectivity index (χ3n) is 5.42. The van der Waals surface area contributed by atoms with Gasteiger partial charge in [0.1, 0.15) is 6.26 Å². The number of amides is 1. The zero-order valence-corrected chi connectivity index (χ0v) is 17.8. The van der Waals surface area contributed by atoms with E-state index in [1.54, 1.807) is 6.26 Å². The third-order valence-corrected chi connectivity index (χ3v) is 5.42. The molecule has 3 N–H and O–H groups in total. The normalized spacial score (nSPS) is 10.9. The Morgan fingerprint density at radius 3 is 2.48 bits per heavy atom. The number of carbonyl (C=O) groups is 1. The minimum absolute atomic E-state index is 0.0904. The summed E-state index contributed by atoms with van der Waals surface area (Å²) >= 11 is 0. The molecule has 6 heteroatoms. The highest BCUT2D eigenvalue weighted by atomic mass is 16.3. The van der Waals surface area contributed by atoms with Crippen molar-refractivity contribution in [3.63, 3.8) is 0 Å². The number of hydrogen-bond donors (Lipinski definition) is 2. The minimum Gasteiger partial charge on any atom is -0.444 e. The Bertz CT molecular complexity index is 1170. The van der Waals surface area contributed by atoms with Gasteiger partial charge in [-0.3, -0.25) is 4.79 Å². The predicted octanol–water partition coefficient (Wildman–Crippen LogP) is 4.20. The van der Waals surface area contributed by atoms with Crippen LogP contribution in [0.3, 0.4) is 0 Å². The maximum atomic E-state index is 12.8. The Morgan fingerprint density at radius 1 is 1.06 bits per heavy atom. The van der Waals surface area contributed by atoms with Gasteiger partial charge < -0.3 is 20.0 Å². The molecule has 0 aliphatic rings. The van der Waals surface area contributed by atoms with Gasteiger partial charge in [0, 0.05) is 30.0 Å². The third kappa shape index (κ3) is 4.59. The molecule has 0 bridgehead atoms. The van der Waals surface area contributed by atoms with Gasteiger partial charge in [0.15, 0.2) is 0 Å².